The molecule has 0 unspecified atom stereocenters. The molecule has 1 saturated carbocycles. The summed E-state index contributed by atoms with van der Waals surface area (Å²) in [6, 6.07) is 17.9. The summed E-state index contributed by atoms with van der Waals surface area (Å²) < 4.78 is 43.2. The summed E-state index contributed by atoms with van der Waals surface area (Å²) in [6.07, 6.45) is 0.664. The molecule has 2 amide bonds. The summed E-state index contributed by atoms with van der Waals surface area (Å²) in [4.78, 5) is 17.7. The third-order valence-corrected chi connectivity index (χ3v) is 6.28. The molecule has 9 heteroatoms. The van der Waals surface area contributed by atoms with Crippen molar-refractivity contribution >= 4 is 17.6 Å². The van der Waals surface area contributed by atoms with Crippen molar-refractivity contribution in [2.75, 3.05) is 0 Å². The lowest BCUT2D eigenvalue weighted by Crippen LogP contribution is -2.54. The van der Waals surface area contributed by atoms with E-state index < -0.39 is 17.9 Å². The van der Waals surface area contributed by atoms with E-state index in [1.165, 1.54) is 24.4 Å². The minimum atomic E-state index is -4.85. The fourth-order valence-electron chi connectivity index (χ4n) is 4.50. The van der Waals surface area contributed by atoms with Gasteiger partial charge in [-0.05, 0) is 48.2 Å². The quantitative estimate of drug-likeness (QED) is 0.394. The molecule has 1 fully saturated rings. The Morgan fingerprint density at radius 3 is 2.43 bits per heavy atom. The topological polar surface area (TPSA) is 63.2 Å². The molecule has 4 rings (SSSR count). The van der Waals surface area contributed by atoms with E-state index in [2.05, 4.69) is 20.4 Å². The van der Waals surface area contributed by atoms with Gasteiger partial charge in [-0.2, -0.15) is 0 Å². The van der Waals surface area contributed by atoms with Crippen LogP contribution in [0.25, 0.3) is 0 Å². The Kier molecular flexibility index (Phi) is 7.50. The summed E-state index contributed by atoms with van der Waals surface area (Å²) in [6.45, 7) is 0. The number of carbonyl (C=O) groups excluding carboxylic acids is 1. The molecule has 1 aromatic heterocycles. The third-order valence-electron chi connectivity index (χ3n) is 6.05. The van der Waals surface area contributed by atoms with Crippen LogP contribution in [-0.2, 0) is 12.0 Å². The van der Waals surface area contributed by atoms with Crippen LogP contribution >= 0.6 is 11.6 Å². The number of hydrogen-bond acceptors (Lipinski definition) is 3. The van der Waals surface area contributed by atoms with Gasteiger partial charge < -0.3 is 15.4 Å². The molecule has 1 heterocycles. The molecule has 0 saturated heterocycles. The molecule has 2 N–H and O–H groups in total. The van der Waals surface area contributed by atoms with Gasteiger partial charge >= 0.3 is 12.4 Å². The van der Waals surface area contributed by atoms with E-state index in [-0.39, 0.29) is 18.2 Å². The van der Waals surface area contributed by atoms with E-state index in [0.717, 1.165) is 31.2 Å². The van der Waals surface area contributed by atoms with E-state index in [9.17, 15) is 18.0 Å². The Labute approximate surface area is 206 Å². The molecule has 0 aliphatic heterocycles. The molecule has 184 valence electrons. The van der Waals surface area contributed by atoms with Crippen molar-refractivity contribution < 1.29 is 22.7 Å². The Balaban J connectivity index is 1.82. The zero-order chi connectivity index (χ0) is 24.9. The molecule has 0 radical (unpaired) electrons. The zero-order valence-corrected chi connectivity index (χ0v) is 19.6. The maximum absolute atomic E-state index is 13.2. The number of nitrogens with one attached hydrogen (secondary N) is 2. The number of rotatable bonds is 7. The first-order valence-electron chi connectivity index (χ1n) is 11.3. The molecule has 5 nitrogen and oxygen atoms in total. The van der Waals surface area contributed by atoms with Crippen LogP contribution in [0.3, 0.4) is 0 Å². The molecule has 3 aromatic rings. The Morgan fingerprint density at radius 2 is 1.77 bits per heavy atom. The van der Waals surface area contributed by atoms with Crippen molar-refractivity contribution in [1.82, 2.24) is 15.6 Å². The predicted octanol–water partition coefficient (Wildman–Crippen LogP) is 6.36. The number of halogens is 4. The first kappa shape index (κ1) is 24.9. The summed E-state index contributed by atoms with van der Waals surface area (Å²) in [5.74, 6) is -0.389. The molecule has 2 aromatic carbocycles. The molecule has 0 bridgehead atoms. The second-order valence-electron chi connectivity index (χ2n) is 8.58. The molecule has 0 spiro atoms. The second-order valence-corrected chi connectivity index (χ2v) is 9.02. The monoisotopic (exact) mass is 503 g/mol. The molecule has 1 aliphatic carbocycles. The van der Waals surface area contributed by atoms with Crippen molar-refractivity contribution in [3.63, 3.8) is 0 Å². The van der Waals surface area contributed by atoms with Gasteiger partial charge in [-0.15, -0.1) is 13.2 Å². The number of nitrogens with zero attached hydrogens (tertiary/aromatic N) is 1. The minimum Gasteiger partial charge on any atom is -0.406 e. The summed E-state index contributed by atoms with van der Waals surface area (Å²) in [5, 5.41) is 6.46. The van der Waals surface area contributed by atoms with Crippen molar-refractivity contribution in [3.05, 3.63) is 94.8 Å². The number of urea groups is 1. The molecule has 35 heavy (non-hydrogen) atoms. The van der Waals surface area contributed by atoms with Gasteiger partial charge in [0.2, 0.25) is 0 Å². The largest absolute Gasteiger partial charge is 0.573 e. The van der Waals surface area contributed by atoms with Crippen molar-refractivity contribution in [1.29, 1.82) is 0 Å². The van der Waals surface area contributed by atoms with Gasteiger partial charge in [0.05, 0.1) is 10.7 Å². The maximum Gasteiger partial charge on any atom is 0.573 e. The van der Waals surface area contributed by atoms with Gasteiger partial charge in [0.25, 0.3) is 0 Å². The highest BCUT2D eigenvalue weighted by Crippen LogP contribution is 2.36. The average molecular weight is 504 g/mol. The lowest BCUT2D eigenvalue weighted by atomic mass is 9.80. The van der Waals surface area contributed by atoms with Gasteiger partial charge in [-0.25, -0.2) is 4.79 Å². The summed E-state index contributed by atoms with van der Waals surface area (Å²) >= 11 is 6.08. The van der Waals surface area contributed by atoms with Gasteiger partial charge in [-0.3, -0.25) is 4.98 Å². The van der Waals surface area contributed by atoms with Crippen LogP contribution in [0.1, 0.15) is 42.5 Å². The van der Waals surface area contributed by atoms with Crippen LogP contribution in [0.4, 0.5) is 18.0 Å². The van der Waals surface area contributed by atoms with E-state index in [1.807, 2.05) is 30.3 Å². The van der Waals surface area contributed by atoms with Gasteiger partial charge in [0, 0.05) is 18.7 Å². The van der Waals surface area contributed by atoms with Gasteiger partial charge in [0.15, 0.2) is 0 Å². The standard InChI is InChI=1S/C26H25ClF3N3O2/c27-20-13-14-23(31-17-20)25(16-18-7-2-1-3-8-18,33-24(34)32-21-10-4-5-11-21)19-9-6-12-22(15-19)35-26(28,29)30/h1-3,6-9,12-15,17,21H,4-5,10-11,16H2,(H2,32,33,34)/t25-/m1/s1. The Morgan fingerprint density at radius 1 is 1.03 bits per heavy atom. The van der Waals surface area contributed by atoms with Crippen LogP contribution in [0.2, 0.25) is 5.02 Å². The second kappa shape index (κ2) is 10.6. The molecule has 1 atom stereocenters. The van der Waals surface area contributed by atoms with Crippen LogP contribution < -0.4 is 15.4 Å². The Bertz CT molecular complexity index is 1140. The van der Waals surface area contributed by atoms with Gasteiger partial charge in [0.1, 0.15) is 11.3 Å². The smallest absolute Gasteiger partial charge is 0.406 e. The highest BCUT2D eigenvalue weighted by molar-refractivity contribution is 6.30. The fourth-order valence-corrected chi connectivity index (χ4v) is 4.61. The predicted molar refractivity (Wildman–Crippen MR) is 127 cm³/mol. The normalized spacial score (nSPS) is 15.9. The number of alkyl halides is 3. The zero-order valence-electron chi connectivity index (χ0n) is 18.8. The van der Waals surface area contributed by atoms with E-state index in [1.54, 1.807) is 18.2 Å². The third kappa shape index (κ3) is 6.45. The highest BCUT2D eigenvalue weighted by Gasteiger charge is 2.39. The van der Waals surface area contributed by atoms with Crippen LogP contribution in [0.15, 0.2) is 72.9 Å². The number of benzene rings is 2. The van der Waals surface area contributed by atoms with Gasteiger partial charge in [-0.1, -0.05) is 66.9 Å². The lowest BCUT2D eigenvalue weighted by molar-refractivity contribution is -0.274. The van der Waals surface area contributed by atoms with Crippen molar-refractivity contribution in [3.8, 4) is 5.75 Å². The van der Waals surface area contributed by atoms with Crippen LogP contribution in [-0.4, -0.2) is 23.4 Å². The van der Waals surface area contributed by atoms with E-state index >= 15 is 0 Å². The Hall–Kier alpha value is -3.26. The van der Waals surface area contributed by atoms with Crippen molar-refractivity contribution in [2.24, 2.45) is 0 Å². The first-order valence-corrected chi connectivity index (χ1v) is 11.7. The summed E-state index contributed by atoms with van der Waals surface area (Å²) in [5.41, 5.74) is 0.364. The number of aromatic nitrogens is 1. The number of hydrogen-bond donors (Lipinski definition) is 2. The van der Waals surface area contributed by atoms with Crippen LogP contribution in [0.5, 0.6) is 5.75 Å². The SMILES string of the molecule is O=C(NC1CCCC1)N[C@](Cc1ccccc1)(c1cccc(OC(F)(F)F)c1)c1ccc(Cl)cn1. The molecular weight excluding hydrogens is 479 g/mol. The van der Waals surface area contributed by atoms with E-state index in [4.69, 9.17) is 11.6 Å². The molecule has 1 aliphatic rings. The first-order chi connectivity index (χ1) is 16.7. The number of pyridine rings is 1. The lowest BCUT2D eigenvalue weighted by Gasteiger charge is -2.36. The minimum absolute atomic E-state index is 0.0440. The maximum atomic E-state index is 13.2. The van der Waals surface area contributed by atoms with E-state index in [0.29, 0.717) is 16.3 Å². The number of amides is 2. The summed E-state index contributed by atoms with van der Waals surface area (Å²) in [7, 11) is 0. The average Bonchev–Trinajstić information content (AvgIpc) is 3.32. The fraction of sp³-hybridized carbons (Fsp3) is 0.308. The highest BCUT2D eigenvalue weighted by atomic mass is 35.5. The molecular formula is C26H25ClF3N3O2. The number of ether oxygens (including phenoxy) is 1. The van der Waals surface area contributed by atoms with Crippen molar-refractivity contribution in [2.45, 2.75) is 50.0 Å². The van der Waals surface area contributed by atoms with Crippen LogP contribution in [0, 0.1) is 0 Å². The number of carbonyl (C=O) groups is 1.